The van der Waals surface area contributed by atoms with Crippen molar-refractivity contribution in [1.29, 1.82) is 0 Å². The van der Waals surface area contributed by atoms with E-state index in [2.05, 4.69) is 50.1 Å². The Balaban J connectivity index is 2.43. The molecule has 1 rings (SSSR count). The molecule has 2 atom stereocenters. The number of aryl methyl sites for hydroxylation is 1. The van der Waals surface area contributed by atoms with E-state index in [1.165, 1.54) is 11.3 Å². The van der Waals surface area contributed by atoms with Gasteiger partial charge < -0.3 is 10.2 Å². The third-order valence-electron chi connectivity index (χ3n) is 2.93. The molecule has 0 saturated carbocycles. The first-order valence-electron chi connectivity index (χ1n) is 5.86. The van der Waals surface area contributed by atoms with Crippen molar-refractivity contribution < 1.29 is 0 Å². The van der Waals surface area contributed by atoms with Gasteiger partial charge in [0.05, 0.1) is 5.01 Å². The van der Waals surface area contributed by atoms with Crippen molar-refractivity contribution in [2.45, 2.75) is 39.3 Å². The molecule has 0 aliphatic rings. The quantitative estimate of drug-likeness (QED) is 0.829. The van der Waals surface area contributed by atoms with Crippen LogP contribution in [0.1, 0.15) is 36.2 Å². The number of aromatic nitrogens is 1. The van der Waals surface area contributed by atoms with Gasteiger partial charge in [-0.2, -0.15) is 0 Å². The number of nitrogens with one attached hydrogen (secondary N) is 1. The van der Waals surface area contributed by atoms with Crippen molar-refractivity contribution >= 4 is 11.3 Å². The first kappa shape index (κ1) is 13.6. The zero-order valence-electron chi connectivity index (χ0n) is 10.9. The Bertz CT molecular complexity index is 309. The monoisotopic (exact) mass is 241 g/mol. The third kappa shape index (κ3) is 3.85. The number of thiazole rings is 1. The van der Waals surface area contributed by atoms with Crippen LogP contribution in [0.2, 0.25) is 0 Å². The van der Waals surface area contributed by atoms with E-state index < -0.39 is 0 Å². The molecule has 0 radical (unpaired) electrons. The smallest absolute Gasteiger partial charge is 0.0897 e. The second-order valence-electron chi connectivity index (χ2n) is 4.44. The van der Waals surface area contributed by atoms with Gasteiger partial charge in [-0.3, -0.25) is 0 Å². The summed E-state index contributed by atoms with van der Waals surface area (Å²) in [5.74, 6) is 0. The molecule has 0 bridgehead atoms. The van der Waals surface area contributed by atoms with Gasteiger partial charge in [0, 0.05) is 29.7 Å². The molecule has 2 unspecified atom stereocenters. The number of hydrogen-bond acceptors (Lipinski definition) is 4. The molecule has 0 fully saturated rings. The van der Waals surface area contributed by atoms with Crippen molar-refractivity contribution in [3.05, 3.63) is 16.1 Å². The first-order chi connectivity index (χ1) is 7.54. The van der Waals surface area contributed by atoms with Gasteiger partial charge in [-0.1, -0.05) is 6.92 Å². The molecule has 92 valence electrons. The van der Waals surface area contributed by atoms with Crippen LogP contribution in [0.4, 0.5) is 0 Å². The molecule has 0 aliphatic heterocycles. The highest BCUT2D eigenvalue weighted by molar-refractivity contribution is 7.11. The van der Waals surface area contributed by atoms with Crippen LogP contribution in [-0.2, 0) is 0 Å². The molecule has 3 nitrogen and oxygen atoms in total. The SMILES string of the molecule is CCC(CNC(C)c1cnc(C)s1)N(C)C. The summed E-state index contributed by atoms with van der Waals surface area (Å²) in [6.07, 6.45) is 3.16. The van der Waals surface area contributed by atoms with Gasteiger partial charge in [-0.15, -0.1) is 11.3 Å². The lowest BCUT2D eigenvalue weighted by atomic mass is 10.2. The third-order valence-corrected chi connectivity index (χ3v) is 4.02. The Hall–Kier alpha value is -0.450. The Kier molecular flexibility index (Phi) is 5.38. The van der Waals surface area contributed by atoms with E-state index in [9.17, 15) is 0 Å². The lowest BCUT2D eigenvalue weighted by Crippen LogP contribution is -2.38. The van der Waals surface area contributed by atoms with Gasteiger partial charge in [0.25, 0.3) is 0 Å². The molecule has 1 heterocycles. The highest BCUT2D eigenvalue weighted by Gasteiger charge is 2.12. The maximum atomic E-state index is 4.29. The second-order valence-corrected chi connectivity index (χ2v) is 5.70. The van der Waals surface area contributed by atoms with E-state index in [0.717, 1.165) is 11.6 Å². The van der Waals surface area contributed by atoms with Crippen LogP contribution in [0.25, 0.3) is 0 Å². The van der Waals surface area contributed by atoms with Crippen LogP contribution >= 0.6 is 11.3 Å². The minimum Gasteiger partial charge on any atom is -0.308 e. The van der Waals surface area contributed by atoms with Crippen LogP contribution in [0.15, 0.2) is 6.20 Å². The van der Waals surface area contributed by atoms with E-state index in [4.69, 9.17) is 0 Å². The Morgan fingerprint density at radius 2 is 2.19 bits per heavy atom. The normalized spacial score (nSPS) is 15.4. The average Bonchev–Trinajstić information content (AvgIpc) is 2.65. The molecule has 0 saturated heterocycles. The summed E-state index contributed by atoms with van der Waals surface area (Å²) >= 11 is 1.78. The molecule has 1 aromatic heterocycles. The first-order valence-corrected chi connectivity index (χ1v) is 6.68. The van der Waals surface area contributed by atoms with Crippen LogP contribution in [-0.4, -0.2) is 36.6 Å². The lowest BCUT2D eigenvalue weighted by Gasteiger charge is -2.24. The van der Waals surface area contributed by atoms with E-state index in [1.807, 2.05) is 6.20 Å². The number of rotatable bonds is 6. The zero-order valence-corrected chi connectivity index (χ0v) is 11.8. The summed E-state index contributed by atoms with van der Waals surface area (Å²) in [5, 5.41) is 4.72. The van der Waals surface area contributed by atoms with Gasteiger partial charge in [-0.25, -0.2) is 4.98 Å². The van der Waals surface area contributed by atoms with Crippen molar-refractivity contribution in [3.63, 3.8) is 0 Å². The molecule has 4 heteroatoms. The van der Waals surface area contributed by atoms with E-state index in [-0.39, 0.29) is 0 Å². The fraction of sp³-hybridized carbons (Fsp3) is 0.750. The van der Waals surface area contributed by atoms with Crippen LogP contribution in [0.5, 0.6) is 0 Å². The predicted octanol–water partition coefficient (Wildman–Crippen LogP) is 2.44. The van der Waals surface area contributed by atoms with Crippen molar-refractivity contribution in [2.24, 2.45) is 0 Å². The summed E-state index contributed by atoms with van der Waals surface area (Å²) in [4.78, 5) is 7.89. The van der Waals surface area contributed by atoms with Crippen LogP contribution < -0.4 is 5.32 Å². The minimum absolute atomic E-state index is 0.403. The van der Waals surface area contributed by atoms with Crippen LogP contribution in [0.3, 0.4) is 0 Å². The molecule has 0 aromatic carbocycles. The second kappa shape index (κ2) is 6.33. The molecule has 1 N–H and O–H groups in total. The average molecular weight is 241 g/mol. The number of likely N-dealkylation sites (N-methyl/N-ethyl adjacent to an activating group) is 1. The Labute approximate surface area is 103 Å². The fourth-order valence-corrected chi connectivity index (χ4v) is 2.50. The lowest BCUT2D eigenvalue weighted by molar-refractivity contribution is 0.270. The number of hydrogen-bond donors (Lipinski definition) is 1. The van der Waals surface area contributed by atoms with Gasteiger partial charge in [-0.05, 0) is 34.4 Å². The Morgan fingerprint density at radius 3 is 2.62 bits per heavy atom. The minimum atomic E-state index is 0.403. The fourth-order valence-electron chi connectivity index (χ4n) is 1.68. The molecule has 1 aromatic rings. The van der Waals surface area contributed by atoms with E-state index in [1.54, 1.807) is 11.3 Å². The van der Waals surface area contributed by atoms with E-state index >= 15 is 0 Å². The molecular weight excluding hydrogens is 218 g/mol. The van der Waals surface area contributed by atoms with Gasteiger partial charge in [0.2, 0.25) is 0 Å². The van der Waals surface area contributed by atoms with Crippen molar-refractivity contribution in [1.82, 2.24) is 15.2 Å². The summed E-state index contributed by atoms with van der Waals surface area (Å²) in [5.41, 5.74) is 0. The molecule has 0 amide bonds. The van der Waals surface area contributed by atoms with Crippen molar-refractivity contribution in [2.75, 3.05) is 20.6 Å². The predicted molar refractivity (Wildman–Crippen MR) is 71.0 cm³/mol. The molecule has 0 aliphatic carbocycles. The van der Waals surface area contributed by atoms with E-state index in [0.29, 0.717) is 12.1 Å². The Morgan fingerprint density at radius 1 is 1.50 bits per heavy atom. The zero-order chi connectivity index (χ0) is 12.1. The standard InChI is InChI=1S/C12H23N3S/c1-6-11(15(4)5)7-13-9(2)12-8-14-10(3)16-12/h8-9,11,13H,6-7H2,1-5H3. The van der Waals surface area contributed by atoms with Crippen molar-refractivity contribution in [3.8, 4) is 0 Å². The summed E-state index contributed by atoms with van der Waals surface area (Å²) < 4.78 is 0. The number of nitrogens with zero attached hydrogens (tertiary/aromatic N) is 2. The maximum Gasteiger partial charge on any atom is 0.0897 e. The summed E-state index contributed by atoms with van der Waals surface area (Å²) in [6.45, 7) is 7.51. The highest BCUT2D eigenvalue weighted by Crippen LogP contribution is 2.19. The highest BCUT2D eigenvalue weighted by atomic mass is 32.1. The van der Waals surface area contributed by atoms with Gasteiger partial charge in [0.1, 0.15) is 0 Å². The summed E-state index contributed by atoms with van der Waals surface area (Å²) in [6, 6.07) is 1.01. The molecule has 16 heavy (non-hydrogen) atoms. The molecule has 0 spiro atoms. The van der Waals surface area contributed by atoms with Gasteiger partial charge >= 0.3 is 0 Å². The summed E-state index contributed by atoms with van der Waals surface area (Å²) in [7, 11) is 4.27. The molecular formula is C12H23N3S. The van der Waals surface area contributed by atoms with Crippen LogP contribution in [0, 0.1) is 6.92 Å². The topological polar surface area (TPSA) is 28.2 Å². The largest absolute Gasteiger partial charge is 0.308 e. The maximum absolute atomic E-state index is 4.29. The van der Waals surface area contributed by atoms with Gasteiger partial charge in [0.15, 0.2) is 0 Å².